The van der Waals surface area contributed by atoms with Gasteiger partial charge in [-0.15, -0.1) is 0 Å². The topological polar surface area (TPSA) is 91.7 Å². The molecule has 0 bridgehead atoms. The van der Waals surface area contributed by atoms with Crippen LogP contribution in [-0.2, 0) is 10.1 Å². The largest absolute Gasteiger partial charge is 1.00 e. The third kappa shape index (κ3) is 3.95. The molecule has 0 fully saturated rings. The molecule has 0 aromatic heterocycles. The minimum Gasteiger partial charge on any atom is -1.00 e. The van der Waals surface area contributed by atoms with Crippen LogP contribution in [0.15, 0.2) is 23.1 Å². The van der Waals surface area contributed by atoms with Crippen molar-refractivity contribution < 1.29 is 75.7 Å². The van der Waals surface area contributed by atoms with E-state index in [-0.39, 0.29) is 52.8 Å². The minimum atomic E-state index is -4.48. The molecule has 15 heavy (non-hydrogen) atoms. The van der Waals surface area contributed by atoms with E-state index in [9.17, 15) is 13.2 Å². The predicted molar refractivity (Wildman–Crippen MR) is 49.1 cm³/mol. The Morgan fingerprint density at radius 3 is 2.33 bits per heavy atom. The number of carboxylic acids is 1. The first-order chi connectivity index (χ1) is 6.32. The van der Waals surface area contributed by atoms with Crippen LogP contribution in [0, 0.1) is 6.92 Å². The molecule has 7 heteroatoms. The van der Waals surface area contributed by atoms with Crippen molar-refractivity contribution in [1.29, 1.82) is 0 Å². The van der Waals surface area contributed by atoms with E-state index in [1.54, 1.807) is 6.92 Å². The van der Waals surface area contributed by atoms with Crippen molar-refractivity contribution in [3.63, 3.8) is 0 Å². The fraction of sp³-hybridized carbons (Fsp3) is 0.125. The molecule has 5 nitrogen and oxygen atoms in total. The van der Waals surface area contributed by atoms with E-state index in [1.807, 2.05) is 0 Å². The van der Waals surface area contributed by atoms with E-state index >= 15 is 0 Å². The molecule has 0 amide bonds. The van der Waals surface area contributed by atoms with E-state index in [2.05, 4.69) is 0 Å². The Hall–Kier alpha value is 0.236. The zero-order valence-electron chi connectivity index (χ0n) is 9.26. The van der Waals surface area contributed by atoms with Crippen molar-refractivity contribution in [3.8, 4) is 0 Å². The molecule has 0 heterocycles. The van der Waals surface area contributed by atoms with Crippen molar-refractivity contribution in [2.45, 2.75) is 11.8 Å². The Bertz CT molecular complexity index is 485. The molecule has 0 saturated carbocycles. The predicted octanol–water partition coefficient (Wildman–Crippen LogP) is -1.94. The van der Waals surface area contributed by atoms with E-state index < -0.39 is 26.5 Å². The normalized spacial score (nSPS) is 10.5. The molecule has 1 aromatic carbocycles. The van der Waals surface area contributed by atoms with Crippen LogP contribution < -0.4 is 51.4 Å². The second-order valence-corrected chi connectivity index (χ2v) is 4.17. The minimum absolute atomic E-state index is 0. The molecule has 0 radical (unpaired) electrons. The summed E-state index contributed by atoms with van der Waals surface area (Å²) in [4.78, 5) is 10.0. The van der Waals surface area contributed by atoms with E-state index in [0.29, 0.717) is 5.56 Å². The average Bonchev–Trinajstić information content (AvgIpc) is 2.01. The van der Waals surface area contributed by atoms with E-state index in [1.165, 1.54) is 6.07 Å². The number of aryl methyl sites for hydroxylation is 1. The first-order valence-corrected chi connectivity index (χ1v) is 5.08. The smallest absolute Gasteiger partial charge is 1.00 e. The molecule has 0 spiro atoms. The van der Waals surface area contributed by atoms with Crippen LogP contribution in [0.4, 0.5) is 0 Å². The van der Waals surface area contributed by atoms with Gasteiger partial charge in [0.1, 0.15) is 4.90 Å². The first-order valence-electron chi connectivity index (χ1n) is 3.64. The summed E-state index contributed by atoms with van der Waals surface area (Å²) in [6.45, 7) is 1.60. The number of carbonyl (C=O) groups is 1. The number of benzene rings is 1. The van der Waals surface area contributed by atoms with Gasteiger partial charge in [0.05, 0.1) is 5.56 Å². The quantitative estimate of drug-likeness (QED) is 0.474. The van der Waals surface area contributed by atoms with E-state index in [4.69, 9.17) is 9.66 Å². The Morgan fingerprint density at radius 2 is 1.93 bits per heavy atom. The van der Waals surface area contributed by atoms with Crippen molar-refractivity contribution in [2.24, 2.45) is 0 Å². The molecule has 2 N–H and O–H groups in total. The van der Waals surface area contributed by atoms with Gasteiger partial charge in [-0.3, -0.25) is 4.55 Å². The fourth-order valence-electron chi connectivity index (χ4n) is 1.02. The third-order valence-electron chi connectivity index (χ3n) is 1.65. The van der Waals surface area contributed by atoms with Crippen molar-refractivity contribution >= 4 is 16.1 Å². The average molecular weight is 256 g/mol. The first kappa shape index (κ1) is 15.2. The molecule has 0 unspecified atom stereocenters. The van der Waals surface area contributed by atoms with Crippen LogP contribution in [0.1, 0.15) is 17.3 Å². The van der Waals surface area contributed by atoms with Crippen LogP contribution in [0.25, 0.3) is 0 Å². The molecular formula is C8H9KO5S. The van der Waals surface area contributed by atoms with Gasteiger partial charge in [0.25, 0.3) is 10.1 Å². The summed E-state index contributed by atoms with van der Waals surface area (Å²) in [6.07, 6.45) is 0. The van der Waals surface area contributed by atoms with E-state index in [0.717, 1.165) is 12.1 Å². The maximum absolute atomic E-state index is 10.8. The van der Waals surface area contributed by atoms with Gasteiger partial charge >= 0.3 is 57.4 Å². The second kappa shape index (κ2) is 5.53. The second-order valence-electron chi connectivity index (χ2n) is 2.78. The summed E-state index contributed by atoms with van der Waals surface area (Å²) >= 11 is 0. The molecule has 0 saturated heterocycles. The fourth-order valence-corrected chi connectivity index (χ4v) is 1.79. The Morgan fingerprint density at radius 1 is 1.40 bits per heavy atom. The summed E-state index contributed by atoms with van der Waals surface area (Å²) in [6, 6.07) is 3.71. The third-order valence-corrected chi connectivity index (χ3v) is 2.54. The van der Waals surface area contributed by atoms with Crippen LogP contribution in [0.3, 0.4) is 0 Å². The standard InChI is InChI=1S/C8H8O5S.K.H/c1-5-2-3-6(8(9)10)7(4-5)14(11,12)13;;/h2-4H,1H3,(H,9,10)(H,11,12,13);;/q;+1;-1. The zero-order chi connectivity index (χ0) is 10.9. The van der Waals surface area contributed by atoms with Gasteiger partial charge in [0.15, 0.2) is 0 Å². The summed E-state index contributed by atoms with van der Waals surface area (Å²) in [5.74, 6) is -1.39. The molecule has 0 atom stereocenters. The van der Waals surface area contributed by atoms with Gasteiger partial charge in [0, 0.05) is 0 Å². The van der Waals surface area contributed by atoms with Crippen LogP contribution in [0.2, 0.25) is 0 Å². The summed E-state index contributed by atoms with van der Waals surface area (Å²) in [7, 11) is -4.48. The molecule has 0 aliphatic heterocycles. The molecule has 1 aromatic rings. The zero-order valence-corrected chi connectivity index (χ0v) is 12.2. The van der Waals surface area contributed by atoms with Crippen LogP contribution in [-0.4, -0.2) is 24.0 Å². The number of rotatable bonds is 2. The molecule has 1 rings (SSSR count). The van der Waals surface area contributed by atoms with Gasteiger partial charge in [-0.2, -0.15) is 8.42 Å². The maximum atomic E-state index is 10.8. The molecule has 0 aliphatic rings. The maximum Gasteiger partial charge on any atom is 1.00 e. The Balaban J connectivity index is 0. The Labute approximate surface area is 131 Å². The van der Waals surface area contributed by atoms with Gasteiger partial charge < -0.3 is 6.53 Å². The number of carboxylic acid groups (broad SMARTS) is 1. The number of aromatic carboxylic acids is 1. The van der Waals surface area contributed by atoms with Gasteiger partial charge in [-0.1, -0.05) is 6.07 Å². The summed E-state index contributed by atoms with van der Waals surface area (Å²) < 4.78 is 30.4. The van der Waals surface area contributed by atoms with Crippen molar-refractivity contribution in [3.05, 3.63) is 29.3 Å². The summed E-state index contributed by atoms with van der Waals surface area (Å²) in [5.41, 5.74) is 0.126. The van der Waals surface area contributed by atoms with Gasteiger partial charge in [-0.05, 0) is 24.6 Å². The SMILES string of the molecule is Cc1ccc(C(=O)O)c(S(=O)(=O)O)c1.[H-].[K+]. The number of hydrogen-bond acceptors (Lipinski definition) is 3. The van der Waals surface area contributed by atoms with Gasteiger partial charge in [0.2, 0.25) is 0 Å². The van der Waals surface area contributed by atoms with Crippen molar-refractivity contribution in [1.82, 2.24) is 0 Å². The summed E-state index contributed by atoms with van der Waals surface area (Å²) in [5, 5.41) is 8.64. The van der Waals surface area contributed by atoms with Crippen LogP contribution in [0.5, 0.6) is 0 Å². The van der Waals surface area contributed by atoms with Gasteiger partial charge in [-0.25, -0.2) is 4.79 Å². The molecule has 0 aliphatic carbocycles. The molecular weight excluding hydrogens is 247 g/mol. The van der Waals surface area contributed by atoms with Crippen LogP contribution >= 0.6 is 0 Å². The Kier molecular flexibility index (Phi) is 5.62. The number of hydrogen-bond donors (Lipinski definition) is 2. The van der Waals surface area contributed by atoms with Crippen molar-refractivity contribution in [2.75, 3.05) is 0 Å². The molecule has 78 valence electrons. The monoisotopic (exact) mass is 256 g/mol.